The van der Waals surface area contributed by atoms with Crippen molar-refractivity contribution in [2.24, 2.45) is 7.05 Å². The Morgan fingerprint density at radius 3 is 2.48 bits per heavy atom. The lowest BCUT2D eigenvalue weighted by molar-refractivity contribution is 0.0626. The van der Waals surface area contributed by atoms with E-state index in [0.717, 1.165) is 61.0 Å². The molecule has 2 aromatic heterocycles. The highest BCUT2D eigenvalue weighted by molar-refractivity contribution is 5.95. The van der Waals surface area contributed by atoms with Crippen LogP contribution in [0, 0.1) is 13.8 Å². The quantitative estimate of drug-likeness (QED) is 0.849. The molecule has 3 heterocycles. The molecule has 0 aliphatic carbocycles. The van der Waals surface area contributed by atoms with Crippen LogP contribution in [0.25, 0.3) is 0 Å². The summed E-state index contributed by atoms with van der Waals surface area (Å²) in [6, 6.07) is 0. The third kappa shape index (κ3) is 3.61. The van der Waals surface area contributed by atoms with Gasteiger partial charge in [-0.3, -0.25) is 14.4 Å². The van der Waals surface area contributed by atoms with E-state index in [1.807, 2.05) is 32.0 Å². The predicted octanol–water partition coefficient (Wildman–Crippen LogP) is 2.11. The van der Waals surface area contributed by atoms with E-state index < -0.39 is 0 Å². The highest BCUT2D eigenvalue weighted by Crippen LogP contribution is 2.21. The molecule has 3 rings (SSSR count). The number of aryl methyl sites for hydroxylation is 3. The number of amides is 1. The van der Waals surface area contributed by atoms with Crippen LogP contribution in [-0.2, 0) is 13.6 Å². The molecule has 1 aliphatic heterocycles. The molecule has 0 atom stereocenters. The van der Waals surface area contributed by atoms with E-state index >= 15 is 0 Å². The van der Waals surface area contributed by atoms with Gasteiger partial charge in [0.25, 0.3) is 5.91 Å². The first-order chi connectivity index (χ1) is 11.9. The van der Waals surface area contributed by atoms with Gasteiger partial charge in [0.1, 0.15) is 5.76 Å². The average molecular weight is 345 g/mol. The lowest BCUT2D eigenvalue weighted by Gasteiger charge is -2.34. The van der Waals surface area contributed by atoms with Gasteiger partial charge in [0, 0.05) is 51.5 Å². The van der Waals surface area contributed by atoms with E-state index in [1.165, 1.54) is 0 Å². The van der Waals surface area contributed by atoms with Crippen LogP contribution in [0.2, 0.25) is 0 Å². The minimum Gasteiger partial charge on any atom is -0.361 e. The lowest BCUT2D eigenvalue weighted by atomic mass is 10.1. The van der Waals surface area contributed by atoms with Crippen molar-refractivity contribution in [1.82, 2.24) is 24.7 Å². The van der Waals surface area contributed by atoms with E-state index in [4.69, 9.17) is 4.52 Å². The van der Waals surface area contributed by atoms with Gasteiger partial charge in [0.05, 0.1) is 17.0 Å². The van der Waals surface area contributed by atoms with Crippen molar-refractivity contribution in [2.45, 2.75) is 40.2 Å². The molecule has 136 valence electrons. The number of aromatic nitrogens is 3. The highest BCUT2D eigenvalue weighted by atomic mass is 16.5. The molecule has 1 fully saturated rings. The molecule has 1 aliphatic rings. The summed E-state index contributed by atoms with van der Waals surface area (Å²) < 4.78 is 6.97. The molecule has 0 radical (unpaired) electrons. The predicted molar refractivity (Wildman–Crippen MR) is 94.5 cm³/mol. The summed E-state index contributed by atoms with van der Waals surface area (Å²) in [7, 11) is 1.87. The van der Waals surface area contributed by atoms with Crippen LogP contribution in [0.1, 0.15) is 52.8 Å². The van der Waals surface area contributed by atoms with Gasteiger partial charge >= 0.3 is 0 Å². The molecule has 1 saturated heterocycles. The molecule has 7 heteroatoms. The Morgan fingerprint density at radius 1 is 1.24 bits per heavy atom. The zero-order valence-corrected chi connectivity index (χ0v) is 15.7. The summed E-state index contributed by atoms with van der Waals surface area (Å²) in [5.41, 5.74) is 3.73. The monoisotopic (exact) mass is 345 g/mol. The Morgan fingerprint density at radius 2 is 1.92 bits per heavy atom. The molecule has 7 nitrogen and oxygen atoms in total. The van der Waals surface area contributed by atoms with E-state index in [1.54, 1.807) is 4.68 Å². The van der Waals surface area contributed by atoms with Crippen LogP contribution in [-0.4, -0.2) is 56.8 Å². The van der Waals surface area contributed by atoms with Crippen molar-refractivity contribution < 1.29 is 9.32 Å². The summed E-state index contributed by atoms with van der Waals surface area (Å²) in [4.78, 5) is 17.2. The molecule has 0 N–H and O–H groups in total. The maximum absolute atomic E-state index is 12.9. The van der Waals surface area contributed by atoms with Gasteiger partial charge in [0.2, 0.25) is 0 Å². The summed E-state index contributed by atoms with van der Waals surface area (Å²) >= 11 is 0. The second-order valence-electron chi connectivity index (χ2n) is 7.13. The van der Waals surface area contributed by atoms with Crippen molar-refractivity contribution in [2.75, 3.05) is 26.2 Å². The van der Waals surface area contributed by atoms with E-state index in [-0.39, 0.29) is 11.8 Å². The first kappa shape index (κ1) is 17.7. The second-order valence-corrected chi connectivity index (χ2v) is 7.13. The Bertz CT molecular complexity index is 734. The molecule has 1 amide bonds. The summed E-state index contributed by atoms with van der Waals surface area (Å²) in [6.45, 7) is 12.1. The van der Waals surface area contributed by atoms with Gasteiger partial charge in [-0.25, -0.2) is 0 Å². The van der Waals surface area contributed by atoms with Crippen LogP contribution >= 0.6 is 0 Å². The molecule has 0 saturated carbocycles. The summed E-state index contributed by atoms with van der Waals surface area (Å²) in [5, 5.41) is 8.47. The maximum Gasteiger partial charge on any atom is 0.257 e. The molecule has 0 aromatic carbocycles. The topological polar surface area (TPSA) is 67.4 Å². The lowest BCUT2D eigenvalue weighted by Crippen LogP contribution is -2.48. The number of hydrogen-bond donors (Lipinski definition) is 0. The maximum atomic E-state index is 12.9. The summed E-state index contributed by atoms with van der Waals surface area (Å²) in [5.74, 6) is 1.21. The molecule has 0 spiro atoms. The number of hydrogen-bond acceptors (Lipinski definition) is 5. The highest BCUT2D eigenvalue weighted by Gasteiger charge is 2.27. The van der Waals surface area contributed by atoms with E-state index in [9.17, 15) is 4.79 Å². The van der Waals surface area contributed by atoms with E-state index in [0.29, 0.717) is 0 Å². The van der Waals surface area contributed by atoms with Gasteiger partial charge in [-0.1, -0.05) is 19.0 Å². The smallest absolute Gasteiger partial charge is 0.257 e. The Hall–Kier alpha value is -2.15. The van der Waals surface area contributed by atoms with Crippen molar-refractivity contribution in [3.8, 4) is 0 Å². The average Bonchev–Trinajstić information content (AvgIpc) is 3.12. The van der Waals surface area contributed by atoms with Crippen LogP contribution in [0.15, 0.2) is 10.7 Å². The van der Waals surface area contributed by atoms with Crippen molar-refractivity contribution >= 4 is 5.91 Å². The molecule has 25 heavy (non-hydrogen) atoms. The fourth-order valence-corrected chi connectivity index (χ4v) is 3.33. The number of carbonyl (C=O) groups is 1. The number of nitrogens with zero attached hydrogens (tertiary/aromatic N) is 5. The Balaban J connectivity index is 1.63. The van der Waals surface area contributed by atoms with Crippen LogP contribution in [0.5, 0.6) is 0 Å². The minimum atomic E-state index is 0.0915. The first-order valence-corrected chi connectivity index (χ1v) is 8.83. The zero-order chi connectivity index (χ0) is 18.1. The second kappa shape index (κ2) is 7.00. The van der Waals surface area contributed by atoms with Crippen molar-refractivity contribution in [3.05, 3.63) is 34.5 Å². The Labute approximate surface area is 148 Å². The molecular formula is C18H27N5O2. The number of piperazine rings is 1. The first-order valence-electron chi connectivity index (χ1n) is 8.83. The molecule has 0 bridgehead atoms. The third-order valence-corrected chi connectivity index (χ3v) is 4.86. The Kier molecular flexibility index (Phi) is 4.94. The van der Waals surface area contributed by atoms with Gasteiger partial charge in [-0.05, 0) is 19.8 Å². The fourth-order valence-electron chi connectivity index (χ4n) is 3.33. The number of carbonyl (C=O) groups excluding carboxylic acids is 1. The summed E-state index contributed by atoms with van der Waals surface area (Å²) in [6.07, 6.45) is 1.84. The standard InChI is InChI=1S/C18H27N5O2/c1-12(2)17-16(10-21(5)19-17)18(24)23-8-6-22(7-9-23)11-15-13(3)20-25-14(15)4/h10,12H,6-9,11H2,1-5H3. The van der Waals surface area contributed by atoms with Crippen LogP contribution in [0.4, 0.5) is 0 Å². The van der Waals surface area contributed by atoms with Gasteiger partial charge in [-0.2, -0.15) is 5.10 Å². The fraction of sp³-hybridized carbons (Fsp3) is 0.611. The van der Waals surface area contributed by atoms with Crippen LogP contribution in [0.3, 0.4) is 0 Å². The SMILES string of the molecule is Cc1noc(C)c1CN1CCN(C(=O)c2cn(C)nc2C(C)C)CC1. The largest absolute Gasteiger partial charge is 0.361 e. The van der Waals surface area contributed by atoms with Crippen molar-refractivity contribution in [1.29, 1.82) is 0 Å². The van der Waals surface area contributed by atoms with Gasteiger partial charge < -0.3 is 9.42 Å². The normalized spacial score (nSPS) is 16.0. The zero-order valence-electron chi connectivity index (χ0n) is 15.7. The van der Waals surface area contributed by atoms with E-state index in [2.05, 4.69) is 29.0 Å². The van der Waals surface area contributed by atoms with Crippen molar-refractivity contribution in [3.63, 3.8) is 0 Å². The van der Waals surface area contributed by atoms with Gasteiger partial charge in [-0.15, -0.1) is 0 Å². The van der Waals surface area contributed by atoms with Gasteiger partial charge in [0.15, 0.2) is 0 Å². The minimum absolute atomic E-state index is 0.0915. The molecule has 2 aromatic rings. The number of rotatable bonds is 4. The van der Waals surface area contributed by atoms with Crippen LogP contribution < -0.4 is 0 Å². The third-order valence-electron chi connectivity index (χ3n) is 4.86. The molecular weight excluding hydrogens is 318 g/mol. The molecule has 0 unspecified atom stereocenters.